The smallest absolute Gasteiger partial charge is 0.122 e. The molecule has 21 heavy (non-hydrogen) atoms. The van der Waals surface area contributed by atoms with Crippen molar-refractivity contribution in [3.63, 3.8) is 0 Å². The van der Waals surface area contributed by atoms with Gasteiger partial charge < -0.3 is 10.1 Å². The predicted octanol–water partition coefficient (Wildman–Crippen LogP) is 3.02. The number of rotatable bonds is 3. The lowest BCUT2D eigenvalue weighted by Crippen LogP contribution is -2.62. The molecule has 1 fully saturated rings. The summed E-state index contributed by atoms with van der Waals surface area (Å²) in [5, 5.41) is 3.68. The minimum Gasteiger partial charge on any atom is -0.493 e. The van der Waals surface area contributed by atoms with E-state index in [1.807, 2.05) is 0 Å². The standard InChI is InChI=1S/C18H28N2O/c1-4-15-11-19-18(2,3)13-20(15)12-14-9-10-21-17-8-6-5-7-16(14)17/h5-8,14-15,19H,4,9-13H2,1-3H3. The summed E-state index contributed by atoms with van der Waals surface area (Å²) < 4.78 is 5.81. The molecule has 0 bridgehead atoms. The second kappa shape index (κ2) is 5.98. The number of benzene rings is 1. The van der Waals surface area contributed by atoms with Gasteiger partial charge in [0.15, 0.2) is 0 Å². The monoisotopic (exact) mass is 288 g/mol. The first-order chi connectivity index (χ1) is 10.1. The molecule has 3 rings (SSSR count). The average molecular weight is 288 g/mol. The number of hydrogen-bond acceptors (Lipinski definition) is 3. The first-order valence-electron chi connectivity index (χ1n) is 8.30. The molecule has 2 heterocycles. The maximum absolute atomic E-state index is 5.81. The summed E-state index contributed by atoms with van der Waals surface area (Å²) in [7, 11) is 0. The van der Waals surface area contributed by atoms with E-state index in [1.54, 1.807) is 0 Å². The van der Waals surface area contributed by atoms with Crippen molar-refractivity contribution >= 4 is 0 Å². The second-order valence-corrected chi connectivity index (χ2v) is 7.13. The van der Waals surface area contributed by atoms with Gasteiger partial charge in [0.05, 0.1) is 6.61 Å². The van der Waals surface area contributed by atoms with Crippen molar-refractivity contribution in [2.24, 2.45) is 0 Å². The van der Waals surface area contributed by atoms with Gasteiger partial charge in [-0.05, 0) is 38.3 Å². The predicted molar refractivity (Wildman–Crippen MR) is 87.0 cm³/mol. The summed E-state index contributed by atoms with van der Waals surface area (Å²) in [6.07, 6.45) is 2.35. The van der Waals surface area contributed by atoms with Crippen LogP contribution < -0.4 is 10.1 Å². The Morgan fingerprint density at radius 2 is 2.14 bits per heavy atom. The zero-order valence-electron chi connectivity index (χ0n) is 13.6. The Morgan fingerprint density at radius 3 is 2.95 bits per heavy atom. The van der Waals surface area contributed by atoms with Gasteiger partial charge in [0, 0.05) is 37.1 Å². The summed E-state index contributed by atoms with van der Waals surface area (Å²) in [5.41, 5.74) is 1.62. The molecule has 0 spiro atoms. The summed E-state index contributed by atoms with van der Waals surface area (Å²) in [6.45, 7) is 11.2. The van der Waals surface area contributed by atoms with Crippen LogP contribution in [0.15, 0.2) is 24.3 Å². The molecule has 0 aromatic heterocycles. The van der Waals surface area contributed by atoms with Crippen LogP contribution >= 0.6 is 0 Å². The molecule has 1 aromatic carbocycles. The minimum absolute atomic E-state index is 0.219. The van der Waals surface area contributed by atoms with Crippen LogP contribution in [-0.4, -0.2) is 42.7 Å². The number of nitrogens with zero attached hydrogens (tertiary/aromatic N) is 1. The third-order valence-electron chi connectivity index (χ3n) is 4.94. The van der Waals surface area contributed by atoms with Gasteiger partial charge >= 0.3 is 0 Å². The highest BCUT2D eigenvalue weighted by Crippen LogP contribution is 2.35. The molecule has 3 nitrogen and oxygen atoms in total. The molecule has 0 aliphatic carbocycles. The van der Waals surface area contributed by atoms with Crippen LogP contribution in [0.3, 0.4) is 0 Å². The SMILES string of the molecule is CCC1CNC(C)(C)CN1CC1CCOc2ccccc21. The van der Waals surface area contributed by atoms with Crippen LogP contribution in [0.1, 0.15) is 45.1 Å². The fraction of sp³-hybridized carbons (Fsp3) is 0.667. The molecular formula is C18H28N2O. The lowest BCUT2D eigenvalue weighted by atomic mass is 9.90. The van der Waals surface area contributed by atoms with Crippen molar-refractivity contribution in [3.8, 4) is 5.75 Å². The van der Waals surface area contributed by atoms with Gasteiger partial charge in [-0.15, -0.1) is 0 Å². The Hall–Kier alpha value is -1.06. The summed E-state index contributed by atoms with van der Waals surface area (Å²) >= 11 is 0. The van der Waals surface area contributed by atoms with Crippen molar-refractivity contribution < 1.29 is 4.74 Å². The van der Waals surface area contributed by atoms with Crippen LogP contribution in [0, 0.1) is 0 Å². The lowest BCUT2D eigenvalue weighted by molar-refractivity contribution is 0.0806. The topological polar surface area (TPSA) is 24.5 Å². The Labute approximate surface area is 128 Å². The largest absolute Gasteiger partial charge is 0.493 e. The number of para-hydroxylation sites is 1. The van der Waals surface area contributed by atoms with Crippen LogP contribution in [0.5, 0.6) is 5.75 Å². The first-order valence-corrected chi connectivity index (χ1v) is 8.30. The highest BCUT2D eigenvalue weighted by Gasteiger charge is 2.34. The second-order valence-electron chi connectivity index (χ2n) is 7.13. The Balaban J connectivity index is 1.76. The fourth-order valence-corrected chi connectivity index (χ4v) is 3.72. The fourth-order valence-electron chi connectivity index (χ4n) is 3.72. The quantitative estimate of drug-likeness (QED) is 0.925. The molecule has 1 N–H and O–H groups in total. The van der Waals surface area contributed by atoms with Crippen LogP contribution in [0.25, 0.3) is 0 Å². The van der Waals surface area contributed by atoms with Gasteiger partial charge in [-0.3, -0.25) is 4.90 Å². The number of fused-ring (bicyclic) bond motifs is 1. The van der Waals surface area contributed by atoms with Gasteiger partial charge in [0.1, 0.15) is 5.75 Å². The summed E-state index contributed by atoms with van der Waals surface area (Å²) in [4.78, 5) is 2.70. The van der Waals surface area contributed by atoms with E-state index in [9.17, 15) is 0 Å². The molecule has 2 aliphatic rings. The van der Waals surface area contributed by atoms with Gasteiger partial charge in [-0.2, -0.15) is 0 Å². The zero-order chi connectivity index (χ0) is 14.9. The number of ether oxygens (including phenoxy) is 1. The van der Waals surface area contributed by atoms with E-state index in [0.717, 1.165) is 38.4 Å². The number of hydrogen-bond donors (Lipinski definition) is 1. The number of piperazine rings is 1. The van der Waals surface area contributed by atoms with Crippen molar-refractivity contribution in [2.45, 2.75) is 51.1 Å². The third-order valence-corrected chi connectivity index (χ3v) is 4.94. The Kier molecular flexibility index (Phi) is 4.23. The van der Waals surface area contributed by atoms with E-state index in [-0.39, 0.29) is 5.54 Å². The van der Waals surface area contributed by atoms with E-state index in [0.29, 0.717) is 12.0 Å². The maximum Gasteiger partial charge on any atom is 0.122 e. The van der Waals surface area contributed by atoms with Gasteiger partial charge in [-0.1, -0.05) is 25.1 Å². The molecular weight excluding hydrogens is 260 g/mol. The summed E-state index contributed by atoms with van der Waals surface area (Å²) in [5.74, 6) is 1.70. The molecule has 0 radical (unpaired) electrons. The van der Waals surface area contributed by atoms with Crippen molar-refractivity contribution in [2.75, 3.05) is 26.2 Å². The van der Waals surface area contributed by atoms with E-state index in [1.165, 1.54) is 12.0 Å². The van der Waals surface area contributed by atoms with Crippen molar-refractivity contribution in [1.29, 1.82) is 0 Å². The molecule has 2 unspecified atom stereocenters. The lowest BCUT2D eigenvalue weighted by Gasteiger charge is -2.46. The Morgan fingerprint density at radius 1 is 1.33 bits per heavy atom. The number of nitrogens with one attached hydrogen (secondary N) is 1. The highest BCUT2D eigenvalue weighted by atomic mass is 16.5. The average Bonchev–Trinajstić information content (AvgIpc) is 2.47. The van der Waals surface area contributed by atoms with Crippen molar-refractivity contribution in [3.05, 3.63) is 29.8 Å². The normalized spacial score (nSPS) is 28.7. The third kappa shape index (κ3) is 3.24. The molecule has 3 heteroatoms. The molecule has 2 atom stereocenters. The van der Waals surface area contributed by atoms with Crippen LogP contribution in [-0.2, 0) is 0 Å². The molecule has 1 aromatic rings. The van der Waals surface area contributed by atoms with E-state index < -0.39 is 0 Å². The first kappa shape index (κ1) is 14.9. The molecule has 0 saturated carbocycles. The molecule has 116 valence electrons. The molecule has 2 aliphatic heterocycles. The van der Waals surface area contributed by atoms with Gasteiger partial charge in [0.2, 0.25) is 0 Å². The molecule has 1 saturated heterocycles. The Bertz CT molecular complexity index is 486. The minimum atomic E-state index is 0.219. The van der Waals surface area contributed by atoms with Crippen LogP contribution in [0.4, 0.5) is 0 Å². The van der Waals surface area contributed by atoms with Gasteiger partial charge in [0.25, 0.3) is 0 Å². The zero-order valence-corrected chi connectivity index (χ0v) is 13.6. The maximum atomic E-state index is 5.81. The van der Waals surface area contributed by atoms with Crippen molar-refractivity contribution in [1.82, 2.24) is 10.2 Å². The summed E-state index contributed by atoms with van der Waals surface area (Å²) in [6, 6.07) is 9.23. The van der Waals surface area contributed by atoms with E-state index in [4.69, 9.17) is 4.74 Å². The van der Waals surface area contributed by atoms with E-state index in [2.05, 4.69) is 55.3 Å². The highest BCUT2D eigenvalue weighted by molar-refractivity contribution is 5.38. The van der Waals surface area contributed by atoms with Gasteiger partial charge in [-0.25, -0.2) is 0 Å². The molecule has 0 amide bonds. The van der Waals surface area contributed by atoms with Crippen LogP contribution in [0.2, 0.25) is 0 Å². The van der Waals surface area contributed by atoms with E-state index >= 15 is 0 Å².